The minimum Gasteiger partial charge on any atom is -0.349 e. The summed E-state index contributed by atoms with van der Waals surface area (Å²) in [5, 5.41) is 5.51. The number of benzene rings is 1. The van der Waals surface area contributed by atoms with Gasteiger partial charge in [0.15, 0.2) is 0 Å². The summed E-state index contributed by atoms with van der Waals surface area (Å²) in [7, 11) is 1.74. The second-order valence-corrected chi connectivity index (χ2v) is 6.32. The molecule has 2 N–H and O–H groups in total. The third kappa shape index (κ3) is 2.48. The average Bonchev–Trinajstić information content (AvgIpc) is 2.75. The third-order valence-electron chi connectivity index (χ3n) is 4.56. The summed E-state index contributed by atoms with van der Waals surface area (Å²) in [5.41, 5.74) is 3.00. The molecule has 1 atom stereocenters. The molecule has 0 saturated carbocycles. The number of nitrogens with one attached hydrogen (secondary N) is 2. The van der Waals surface area contributed by atoms with E-state index in [1.807, 2.05) is 6.92 Å². The Balaban J connectivity index is 2.04. The van der Waals surface area contributed by atoms with Crippen LogP contribution in [0.2, 0.25) is 0 Å². The molecule has 1 aromatic carbocycles. The van der Waals surface area contributed by atoms with Crippen molar-refractivity contribution in [3.8, 4) is 0 Å². The number of nitrogens with zero attached hydrogens (tertiary/aromatic N) is 1. The number of fused-ring (bicyclic) bond motifs is 1. The highest BCUT2D eigenvalue weighted by Crippen LogP contribution is 2.28. The van der Waals surface area contributed by atoms with E-state index in [1.54, 1.807) is 37.6 Å². The van der Waals surface area contributed by atoms with Gasteiger partial charge in [-0.1, -0.05) is 12.1 Å². The minimum atomic E-state index is -0.447. The van der Waals surface area contributed by atoms with Gasteiger partial charge in [-0.3, -0.25) is 9.59 Å². The lowest BCUT2D eigenvalue weighted by Crippen LogP contribution is -2.39. The van der Waals surface area contributed by atoms with Crippen LogP contribution in [0.5, 0.6) is 0 Å². The van der Waals surface area contributed by atoms with Crippen LogP contribution in [0.1, 0.15) is 44.6 Å². The van der Waals surface area contributed by atoms with Crippen molar-refractivity contribution >= 4 is 17.5 Å². The number of anilines is 1. The highest BCUT2D eigenvalue weighted by molar-refractivity contribution is 6.08. The van der Waals surface area contributed by atoms with E-state index in [9.17, 15) is 14.0 Å². The highest BCUT2D eigenvalue weighted by Gasteiger charge is 2.32. The molecule has 2 heterocycles. The van der Waals surface area contributed by atoms with Crippen molar-refractivity contribution in [1.82, 2.24) is 9.88 Å². The quantitative estimate of drug-likeness (QED) is 0.890. The number of halogens is 1. The zero-order chi connectivity index (χ0) is 17.6. The molecule has 3 rings (SSSR count). The SMILES string of the molecule is Cc1cccc(NC(=O)c2c3c(c(C)n2C)C(=O)NC(C)C3)c1F. The lowest BCUT2D eigenvalue weighted by molar-refractivity contribution is 0.0929. The smallest absolute Gasteiger partial charge is 0.272 e. The molecule has 0 bridgehead atoms. The molecular weight excluding hydrogens is 309 g/mol. The Morgan fingerprint density at radius 1 is 1.38 bits per heavy atom. The Morgan fingerprint density at radius 2 is 2.08 bits per heavy atom. The van der Waals surface area contributed by atoms with Crippen LogP contribution >= 0.6 is 0 Å². The number of carbonyl (C=O) groups excluding carboxylic acids is 2. The summed E-state index contributed by atoms with van der Waals surface area (Å²) in [6.07, 6.45) is 0.571. The topological polar surface area (TPSA) is 63.1 Å². The Morgan fingerprint density at radius 3 is 2.79 bits per heavy atom. The molecule has 126 valence electrons. The zero-order valence-electron chi connectivity index (χ0n) is 14.2. The van der Waals surface area contributed by atoms with E-state index in [0.29, 0.717) is 23.2 Å². The van der Waals surface area contributed by atoms with Gasteiger partial charge in [-0.25, -0.2) is 4.39 Å². The van der Waals surface area contributed by atoms with Gasteiger partial charge in [0.2, 0.25) is 0 Å². The number of hydrogen-bond donors (Lipinski definition) is 2. The Labute approximate surface area is 139 Å². The maximum absolute atomic E-state index is 14.2. The van der Waals surface area contributed by atoms with Crippen LogP contribution in [0.4, 0.5) is 10.1 Å². The van der Waals surface area contributed by atoms with E-state index in [4.69, 9.17) is 0 Å². The van der Waals surface area contributed by atoms with Gasteiger partial charge < -0.3 is 15.2 Å². The van der Waals surface area contributed by atoms with E-state index < -0.39 is 11.7 Å². The van der Waals surface area contributed by atoms with Gasteiger partial charge in [-0.15, -0.1) is 0 Å². The van der Waals surface area contributed by atoms with Gasteiger partial charge in [0.05, 0.1) is 11.3 Å². The van der Waals surface area contributed by atoms with Crippen molar-refractivity contribution in [3.05, 3.63) is 52.1 Å². The maximum atomic E-state index is 14.2. The summed E-state index contributed by atoms with van der Waals surface area (Å²) >= 11 is 0. The monoisotopic (exact) mass is 329 g/mol. The van der Waals surface area contributed by atoms with Crippen molar-refractivity contribution in [2.75, 3.05) is 5.32 Å². The first-order valence-corrected chi connectivity index (χ1v) is 7.86. The number of rotatable bonds is 2. The average molecular weight is 329 g/mol. The standard InChI is InChI=1S/C18H20FN3O2/c1-9-6-5-7-13(15(9)19)21-18(24)16-12-8-10(2)20-17(23)14(12)11(3)22(16)4/h5-7,10H,8H2,1-4H3,(H,20,23)(H,21,24). The highest BCUT2D eigenvalue weighted by atomic mass is 19.1. The van der Waals surface area contributed by atoms with Gasteiger partial charge in [-0.2, -0.15) is 0 Å². The lowest BCUT2D eigenvalue weighted by Gasteiger charge is -2.21. The summed E-state index contributed by atoms with van der Waals surface area (Å²) in [4.78, 5) is 25.0. The Hall–Kier alpha value is -2.63. The molecule has 0 spiro atoms. The molecule has 0 aliphatic carbocycles. The van der Waals surface area contributed by atoms with Crippen molar-refractivity contribution in [1.29, 1.82) is 0 Å². The summed E-state index contributed by atoms with van der Waals surface area (Å²) in [6, 6.07) is 4.81. The summed E-state index contributed by atoms with van der Waals surface area (Å²) < 4.78 is 15.9. The van der Waals surface area contributed by atoms with Gasteiger partial charge in [0, 0.05) is 18.8 Å². The fourth-order valence-electron chi connectivity index (χ4n) is 3.24. The molecule has 24 heavy (non-hydrogen) atoms. The van der Waals surface area contributed by atoms with Gasteiger partial charge in [-0.05, 0) is 44.4 Å². The number of amides is 2. The molecular formula is C18H20FN3O2. The molecule has 0 fully saturated rings. The Kier molecular flexibility index (Phi) is 3.91. The fraction of sp³-hybridized carbons (Fsp3) is 0.333. The van der Waals surface area contributed by atoms with Crippen LogP contribution in [0.15, 0.2) is 18.2 Å². The molecule has 5 nitrogen and oxygen atoms in total. The van der Waals surface area contributed by atoms with Crippen LogP contribution in [-0.4, -0.2) is 22.4 Å². The number of aryl methyl sites for hydroxylation is 1. The van der Waals surface area contributed by atoms with E-state index in [2.05, 4.69) is 10.6 Å². The summed E-state index contributed by atoms with van der Waals surface area (Å²) in [5.74, 6) is -1.03. The first-order chi connectivity index (χ1) is 11.3. The predicted octanol–water partition coefficient (Wildman–Crippen LogP) is 2.71. The third-order valence-corrected chi connectivity index (χ3v) is 4.56. The molecule has 1 aromatic heterocycles. The van der Waals surface area contributed by atoms with Crippen LogP contribution in [0.25, 0.3) is 0 Å². The van der Waals surface area contributed by atoms with Crippen molar-refractivity contribution < 1.29 is 14.0 Å². The normalized spacial score (nSPS) is 16.5. The molecule has 1 unspecified atom stereocenters. The minimum absolute atomic E-state index is 0.0472. The van der Waals surface area contributed by atoms with Gasteiger partial charge >= 0.3 is 0 Å². The molecule has 0 radical (unpaired) electrons. The van der Waals surface area contributed by atoms with Crippen LogP contribution in [0.3, 0.4) is 0 Å². The van der Waals surface area contributed by atoms with Crippen LogP contribution in [0, 0.1) is 19.7 Å². The molecule has 2 aromatic rings. The first kappa shape index (κ1) is 16.2. The van der Waals surface area contributed by atoms with E-state index in [-0.39, 0.29) is 17.6 Å². The molecule has 1 aliphatic heterocycles. The van der Waals surface area contributed by atoms with Crippen LogP contribution in [-0.2, 0) is 13.5 Å². The second kappa shape index (κ2) is 5.78. The van der Waals surface area contributed by atoms with Crippen LogP contribution < -0.4 is 10.6 Å². The molecule has 1 aliphatic rings. The van der Waals surface area contributed by atoms with Crippen molar-refractivity contribution in [3.63, 3.8) is 0 Å². The van der Waals surface area contributed by atoms with E-state index in [1.165, 1.54) is 6.07 Å². The number of aromatic nitrogens is 1. The lowest BCUT2D eigenvalue weighted by atomic mass is 9.96. The molecule has 2 amide bonds. The maximum Gasteiger partial charge on any atom is 0.272 e. The van der Waals surface area contributed by atoms with Gasteiger partial charge in [0.1, 0.15) is 11.5 Å². The van der Waals surface area contributed by atoms with Crippen molar-refractivity contribution in [2.24, 2.45) is 7.05 Å². The molecule has 0 saturated heterocycles. The number of hydrogen-bond acceptors (Lipinski definition) is 2. The first-order valence-electron chi connectivity index (χ1n) is 7.86. The fourth-order valence-corrected chi connectivity index (χ4v) is 3.24. The number of carbonyl (C=O) groups is 2. The van der Waals surface area contributed by atoms with E-state index >= 15 is 0 Å². The largest absolute Gasteiger partial charge is 0.349 e. The Bertz CT molecular complexity index is 854. The van der Waals surface area contributed by atoms with E-state index in [0.717, 1.165) is 11.3 Å². The zero-order valence-corrected chi connectivity index (χ0v) is 14.2. The molecule has 6 heteroatoms. The van der Waals surface area contributed by atoms with Gasteiger partial charge in [0.25, 0.3) is 11.8 Å². The summed E-state index contributed by atoms with van der Waals surface area (Å²) in [6.45, 7) is 5.34. The second-order valence-electron chi connectivity index (χ2n) is 6.32. The van der Waals surface area contributed by atoms with Crippen molar-refractivity contribution in [2.45, 2.75) is 33.2 Å². The predicted molar refractivity (Wildman–Crippen MR) is 89.9 cm³/mol.